The summed E-state index contributed by atoms with van der Waals surface area (Å²) >= 11 is 0. The number of phenolic OH excluding ortho intramolecular Hbond substituents is 2. The van der Waals surface area contributed by atoms with Crippen LogP contribution in [0, 0.1) is 0 Å². The Morgan fingerprint density at radius 3 is 2.00 bits per heavy atom. The summed E-state index contributed by atoms with van der Waals surface area (Å²) in [6, 6.07) is 11.5. The predicted octanol–water partition coefficient (Wildman–Crippen LogP) is 0.0617. The fraction of sp³-hybridized carbons (Fsp3) is 0.400. The van der Waals surface area contributed by atoms with E-state index in [9.17, 15) is 30.6 Å². The quantitative estimate of drug-likeness (QED) is 0.406. The SMILES string of the molecule is OC[C@H]1O[C@@H](Oc2ccc(CCc3cc(O)cc(O)c3)cc2)[C@H](O)[C@@H](O)[C@H]1O. The molecule has 0 aliphatic carbocycles. The number of aryl methyl sites for hydroxylation is 2. The van der Waals surface area contributed by atoms with E-state index in [2.05, 4.69) is 0 Å². The number of hydrogen-bond acceptors (Lipinski definition) is 8. The Morgan fingerprint density at radius 1 is 0.786 bits per heavy atom. The molecule has 1 aliphatic heterocycles. The van der Waals surface area contributed by atoms with Crippen LogP contribution >= 0.6 is 0 Å². The van der Waals surface area contributed by atoms with Crippen molar-refractivity contribution in [2.24, 2.45) is 0 Å². The number of ether oxygens (including phenoxy) is 2. The lowest BCUT2D eigenvalue weighted by atomic mass is 9.99. The Kier molecular flexibility index (Phi) is 6.38. The van der Waals surface area contributed by atoms with Crippen molar-refractivity contribution in [2.75, 3.05) is 6.61 Å². The van der Waals surface area contributed by atoms with Gasteiger partial charge in [-0.25, -0.2) is 0 Å². The van der Waals surface area contributed by atoms with E-state index in [1.165, 1.54) is 6.07 Å². The van der Waals surface area contributed by atoms with Gasteiger partial charge in [0, 0.05) is 6.07 Å². The Morgan fingerprint density at radius 2 is 1.39 bits per heavy atom. The van der Waals surface area contributed by atoms with E-state index in [0.29, 0.717) is 18.6 Å². The Balaban J connectivity index is 1.59. The first-order valence-corrected chi connectivity index (χ1v) is 8.95. The second-order valence-corrected chi connectivity index (χ2v) is 6.82. The van der Waals surface area contributed by atoms with E-state index < -0.39 is 37.3 Å². The second-order valence-electron chi connectivity index (χ2n) is 6.82. The lowest BCUT2D eigenvalue weighted by Gasteiger charge is -2.39. The molecule has 0 saturated carbocycles. The highest BCUT2D eigenvalue weighted by atomic mass is 16.7. The highest BCUT2D eigenvalue weighted by molar-refractivity contribution is 5.37. The average molecular weight is 392 g/mol. The largest absolute Gasteiger partial charge is 0.508 e. The minimum Gasteiger partial charge on any atom is -0.508 e. The van der Waals surface area contributed by atoms with E-state index in [-0.39, 0.29) is 11.5 Å². The monoisotopic (exact) mass is 392 g/mol. The van der Waals surface area contributed by atoms with Crippen molar-refractivity contribution in [1.82, 2.24) is 0 Å². The first-order valence-electron chi connectivity index (χ1n) is 8.95. The summed E-state index contributed by atoms with van der Waals surface area (Å²) in [7, 11) is 0. The number of aliphatic hydroxyl groups is 4. The van der Waals surface area contributed by atoms with E-state index in [0.717, 1.165) is 11.1 Å². The standard InChI is InChI=1S/C20H24O8/c21-10-16-17(24)18(25)19(26)20(28-16)27-15-5-3-11(4-6-15)1-2-12-7-13(22)9-14(23)8-12/h3-9,16-26H,1-2,10H2/t16-,17+,18+,19-,20-/m1/s1. The summed E-state index contributed by atoms with van der Waals surface area (Å²) in [6.07, 6.45) is -5.35. The third-order valence-electron chi connectivity index (χ3n) is 4.69. The predicted molar refractivity (Wildman–Crippen MR) is 98.0 cm³/mol. The van der Waals surface area contributed by atoms with Crippen LogP contribution in [0.4, 0.5) is 0 Å². The second kappa shape index (κ2) is 8.76. The smallest absolute Gasteiger partial charge is 0.229 e. The maximum Gasteiger partial charge on any atom is 0.229 e. The van der Waals surface area contributed by atoms with Gasteiger partial charge in [-0.05, 0) is 48.2 Å². The van der Waals surface area contributed by atoms with Crippen LogP contribution in [-0.2, 0) is 17.6 Å². The Labute approximate surface area is 161 Å². The first kappa shape index (κ1) is 20.4. The molecule has 1 aliphatic rings. The van der Waals surface area contributed by atoms with Crippen molar-refractivity contribution in [1.29, 1.82) is 0 Å². The summed E-state index contributed by atoms with van der Waals surface area (Å²) in [5.41, 5.74) is 1.79. The summed E-state index contributed by atoms with van der Waals surface area (Å²) in [6.45, 7) is -0.520. The zero-order valence-corrected chi connectivity index (χ0v) is 15.0. The van der Waals surface area contributed by atoms with Crippen LogP contribution in [0.5, 0.6) is 17.2 Å². The summed E-state index contributed by atoms with van der Waals surface area (Å²) in [5.74, 6) is 0.416. The Bertz CT molecular complexity index is 756. The summed E-state index contributed by atoms with van der Waals surface area (Å²) < 4.78 is 10.9. The van der Waals surface area contributed by atoms with Crippen LogP contribution in [0.15, 0.2) is 42.5 Å². The average Bonchev–Trinajstić information content (AvgIpc) is 2.67. The third kappa shape index (κ3) is 4.73. The summed E-state index contributed by atoms with van der Waals surface area (Å²) in [5, 5.41) is 57.8. The minimum absolute atomic E-state index is 0.0123. The zero-order valence-electron chi connectivity index (χ0n) is 15.0. The number of aromatic hydroxyl groups is 2. The topological polar surface area (TPSA) is 140 Å². The maximum absolute atomic E-state index is 10.0. The number of rotatable bonds is 6. The first-order chi connectivity index (χ1) is 13.4. The molecular weight excluding hydrogens is 368 g/mol. The fourth-order valence-electron chi connectivity index (χ4n) is 3.12. The van der Waals surface area contributed by atoms with Gasteiger partial charge in [0.1, 0.15) is 41.7 Å². The molecule has 1 fully saturated rings. The molecule has 6 N–H and O–H groups in total. The van der Waals surface area contributed by atoms with Gasteiger partial charge in [-0.1, -0.05) is 12.1 Å². The highest BCUT2D eigenvalue weighted by Crippen LogP contribution is 2.25. The van der Waals surface area contributed by atoms with Crippen LogP contribution in [0.3, 0.4) is 0 Å². The van der Waals surface area contributed by atoms with Gasteiger partial charge in [0.05, 0.1) is 6.61 Å². The van der Waals surface area contributed by atoms with Crippen LogP contribution in [-0.4, -0.2) is 68.0 Å². The molecule has 0 spiro atoms. The van der Waals surface area contributed by atoms with Gasteiger partial charge in [-0.2, -0.15) is 0 Å². The normalized spacial score (nSPS) is 27.5. The third-order valence-corrected chi connectivity index (χ3v) is 4.69. The number of phenols is 2. The van der Waals surface area contributed by atoms with Crippen molar-refractivity contribution in [3.05, 3.63) is 53.6 Å². The van der Waals surface area contributed by atoms with Crippen LogP contribution in [0.2, 0.25) is 0 Å². The lowest BCUT2D eigenvalue weighted by molar-refractivity contribution is -0.277. The molecule has 8 nitrogen and oxygen atoms in total. The highest BCUT2D eigenvalue weighted by Gasteiger charge is 2.44. The van der Waals surface area contributed by atoms with Gasteiger partial charge in [0.15, 0.2) is 0 Å². The molecule has 0 unspecified atom stereocenters. The van der Waals surface area contributed by atoms with Crippen molar-refractivity contribution in [3.63, 3.8) is 0 Å². The molecule has 0 bridgehead atoms. The van der Waals surface area contributed by atoms with Crippen LogP contribution < -0.4 is 4.74 Å². The van der Waals surface area contributed by atoms with Gasteiger partial charge in [0.2, 0.25) is 6.29 Å². The van der Waals surface area contributed by atoms with Crippen molar-refractivity contribution < 1.29 is 40.1 Å². The minimum atomic E-state index is -1.49. The number of aliphatic hydroxyl groups excluding tert-OH is 4. The van der Waals surface area contributed by atoms with Gasteiger partial charge in [0.25, 0.3) is 0 Å². The van der Waals surface area contributed by atoms with Gasteiger partial charge >= 0.3 is 0 Å². The molecule has 3 rings (SSSR count). The summed E-state index contributed by atoms with van der Waals surface area (Å²) in [4.78, 5) is 0. The fourth-order valence-corrected chi connectivity index (χ4v) is 3.12. The van der Waals surface area contributed by atoms with Crippen molar-refractivity contribution in [2.45, 2.75) is 43.5 Å². The molecular formula is C20H24O8. The molecule has 5 atom stereocenters. The molecule has 0 aromatic heterocycles. The molecule has 1 heterocycles. The van der Waals surface area contributed by atoms with Crippen LogP contribution in [0.1, 0.15) is 11.1 Å². The van der Waals surface area contributed by atoms with E-state index in [1.807, 2.05) is 12.1 Å². The molecule has 1 saturated heterocycles. The zero-order chi connectivity index (χ0) is 20.3. The molecule has 152 valence electrons. The number of benzene rings is 2. The van der Waals surface area contributed by atoms with Gasteiger partial charge < -0.3 is 40.1 Å². The number of hydrogen-bond donors (Lipinski definition) is 6. The Hall–Kier alpha value is -2.36. The van der Waals surface area contributed by atoms with E-state index >= 15 is 0 Å². The van der Waals surface area contributed by atoms with E-state index in [4.69, 9.17) is 9.47 Å². The van der Waals surface area contributed by atoms with Crippen molar-refractivity contribution >= 4 is 0 Å². The maximum atomic E-state index is 10.0. The molecule has 2 aromatic carbocycles. The molecule has 2 aromatic rings. The van der Waals surface area contributed by atoms with Gasteiger partial charge in [-0.3, -0.25) is 0 Å². The van der Waals surface area contributed by atoms with E-state index in [1.54, 1.807) is 24.3 Å². The van der Waals surface area contributed by atoms with Gasteiger partial charge in [-0.15, -0.1) is 0 Å². The van der Waals surface area contributed by atoms with Crippen LogP contribution in [0.25, 0.3) is 0 Å². The molecule has 0 amide bonds. The lowest BCUT2D eigenvalue weighted by Crippen LogP contribution is -2.60. The molecule has 0 radical (unpaired) electrons. The molecule has 28 heavy (non-hydrogen) atoms. The van der Waals surface area contributed by atoms with Crippen molar-refractivity contribution in [3.8, 4) is 17.2 Å². The molecule has 8 heteroatoms.